The largest absolute Gasteiger partial charge is 0.334 e. The van der Waals surface area contributed by atoms with E-state index >= 15 is 0 Å². The molecule has 0 spiro atoms. The van der Waals surface area contributed by atoms with Crippen molar-refractivity contribution in [1.29, 1.82) is 0 Å². The lowest BCUT2D eigenvalue weighted by Crippen LogP contribution is -2.44. The van der Waals surface area contributed by atoms with E-state index in [-0.39, 0.29) is 18.5 Å². The molecular weight excluding hydrogens is 314 g/mol. The van der Waals surface area contributed by atoms with E-state index in [1.165, 1.54) is 5.56 Å². The van der Waals surface area contributed by atoms with Gasteiger partial charge in [-0.15, -0.1) is 6.58 Å². The van der Waals surface area contributed by atoms with Crippen LogP contribution in [0.5, 0.6) is 0 Å². The molecule has 0 aromatic heterocycles. The molecule has 1 aromatic rings. The number of carbonyl (C=O) groups excluding carboxylic acids is 2. The predicted octanol–water partition coefficient (Wildman–Crippen LogP) is 3.18. The minimum Gasteiger partial charge on any atom is -0.334 e. The number of rotatable bonds is 9. The van der Waals surface area contributed by atoms with Crippen LogP contribution in [0.4, 0.5) is 4.79 Å². The van der Waals surface area contributed by atoms with Gasteiger partial charge in [-0.1, -0.05) is 58.0 Å². The van der Waals surface area contributed by atoms with Crippen molar-refractivity contribution < 1.29 is 9.59 Å². The Morgan fingerprint density at radius 3 is 2.28 bits per heavy atom. The summed E-state index contributed by atoms with van der Waals surface area (Å²) in [5, 5.41) is 8.05. The normalized spacial score (nSPS) is 12.1. The van der Waals surface area contributed by atoms with E-state index in [0.717, 1.165) is 12.0 Å². The van der Waals surface area contributed by atoms with Crippen molar-refractivity contribution in [2.45, 2.75) is 40.2 Å². The van der Waals surface area contributed by atoms with E-state index < -0.39 is 6.03 Å². The lowest BCUT2D eigenvalue weighted by molar-refractivity contribution is -0.119. The van der Waals surface area contributed by atoms with Gasteiger partial charge < -0.3 is 10.6 Å². The Hall–Kier alpha value is -2.14. The summed E-state index contributed by atoms with van der Waals surface area (Å²) in [5.74, 6) is 0.586. The quantitative estimate of drug-likeness (QED) is 0.602. The van der Waals surface area contributed by atoms with Crippen LogP contribution in [0, 0.1) is 11.8 Å². The molecule has 3 N–H and O–H groups in total. The Morgan fingerprint density at radius 1 is 1.12 bits per heavy atom. The lowest BCUT2D eigenvalue weighted by Gasteiger charge is -2.23. The molecule has 1 rings (SSSR count). The second-order valence-electron chi connectivity index (χ2n) is 6.99. The Bertz CT molecular complexity index is 565. The first-order chi connectivity index (χ1) is 11.8. The van der Waals surface area contributed by atoms with Gasteiger partial charge >= 0.3 is 6.03 Å². The van der Waals surface area contributed by atoms with E-state index in [4.69, 9.17) is 0 Å². The fraction of sp³-hybridized carbons (Fsp3) is 0.500. The van der Waals surface area contributed by atoms with Gasteiger partial charge in [-0.3, -0.25) is 10.1 Å². The molecule has 1 atom stereocenters. The fourth-order valence-electron chi connectivity index (χ4n) is 2.65. The second kappa shape index (κ2) is 10.7. The van der Waals surface area contributed by atoms with Crippen LogP contribution in [0.3, 0.4) is 0 Å². The first-order valence-electron chi connectivity index (χ1n) is 8.84. The SMILES string of the molecule is C=CCNC(=O)NC(=O)CNC(c1ccc(CC(C)C)cc1)C(C)C. The summed E-state index contributed by atoms with van der Waals surface area (Å²) in [4.78, 5) is 23.4. The van der Waals surface area contributed by atoms with Crippen LogP contribution in [0.25, 0.3) is 0 Å². The van der Waals surface area contributed by atoms with Crippen LogP contribution in [0.1, 0.15) is 44.9 Å². The van der Waals surface area contributed by atoms with Crippen molar-refractivity contribution in [1.82, 2.24) is 16.0 Å². The molecule has 0 aliphatic carbocycles. The molecule has 0 radical (unpaired) electrons. The summed E-state index contributed by atoms with van der Waals surface area (Å²) in [7, 11) is 0. The van der Waals surface area contributed by atoms with Crippen molar-refractivity contribution in [3.8, 4) is 0 Å². The van der Waals surface area contributed by atoms with Gasteiger partial charge in [0.2, 0.25) is 5.91 Å². The average Bonchev–Trinajstić information content (AvgIpc) is 2.53. The Morgan fingerprint density at radius 2 is 1.76 bits per heavy atom. The van der Waals surface area contributed by atoms with Crippen LogP contribution in [0.15, 0.2) is 36.9 Å². The van der Waals surface area contributed by atoms with Crippen LogP contribution in [0.2, 0.25) is 0 Å². The third kappa shape index (κ3) is 7.98. The van der Waals surface area contributed by atoms with Crippen LogP contribution >= 0.6 is 0 Å². The molecule has 25 heavy (non-hydrogen) atoms. The summed E-state index contributed by atoms with van der Waals surface area (Å²) in [6.07, 6.45) is 2.61. The molecule has 5 heteroatoms. The zero-order valence-electron chi connectivity index (χ0n) is 15.8. The number of imide groups is 1. The molecule has 5 nitrogen and oxygen atoms in total. The van der Waals surface area contributed by atoms with E-state index in [1.807, 2.05) is 0 Å². The molecule has 1 unspecified atom stereocenters. The second-order valence-corrected chi connectivity index (χ2v) is 6.99. The molecule has 0 fully saturated rings. The highest BCUT2D eigenvalue weighted by atomic mass is 16.2. The van der Waals surface area contributed by atoms with Gasteiger partial charge in [0.15, 0.2) is 0 Å². The summed E-state index contributed by atoms with van der Waals surface area (Å²) < 4.78 is 0. The van der Waals surface area contributed by atoms with E-state index in [9.17, 15) is 9.59 Å². The predicted molar refractivity (Wildman–Crippen MR) is 102 cm³/mol. The highest BCUT2D eigenvalue weighted by Gasteiger charge is 2.17. The number of hydrogen-bond acceptors (Lipinski definition) is 3. The van der Waals surface area contributed by atoms with E-state index in [1.54, 1.807) is 6.08 Å². The highest BCUT2D eigenvalue weighted by Crippen LogP contribution is 2.22. The molecule has 1 aromatic carbocycles. The number of benzene rings is 1. The first kappa shape index (κ1) is 20.9. The molecule has 138 valence electrons. The van der Waals surface area contributed by atoms with E-state index in [2.05, 4.69) is 74.5 Å². The maximum absolute atomic E-state index is 11.9. The van der Waals surface area contributed by atoms with Gasteiger partial charge in [0.05, 0.1) is 6.54 Å². The van der Waals surface area contributed by atoms with E-state index in [0.29, 0.717) is 18.4 Å². The molecular formula is C20H31N3O2. The van der Waals surface area contributed by atoms with Crippen LogP contribution < -0.4 is 16.0 Å². The number of amides is 3. The Labute approximate surface area is 151 Å². The fourth-order valence-corrected chi connectivity index (χ4v) is 2.65. The number of urea groups is 1. The third-order valence-corrected chi connectivity index (χ3v) is 3.79. The van der Waals surface area contributed by atoms with Crippen molar-refractivity contribution in [2.75, 3.05) is 13.1 Å². The third-order valence-electron chi connectivity index (χ3n) is 3.79. The lowest BCUT2D eigenvalue weighted by atomic mass is 9.94. The Balaban J connectivity index is 2.61. The smallest absolute Gasteiger partial charge is 0.321 e. The monoisotopic (exact) mass is 345 g/mol. The maximum Gasteiger partial charge on any atom is 0.321 e. The van der Waals surface area contributed by atoms with Crippen molar-refractivity contribution in [3.63, 3.8) is 0 Å². The van der Waals surface area contributed by atoms with Crippen molar-refractivity contribution in [2.24, 2.45) is 11.8 Å². The van der Waals surface area contributed by atoms with Crippen LogP contribution in [-0.2, 0) is 11.2 Å². The van der Waals surface area contributed by atoms with Gasteiger partial charge in [0.25, 0.3) is 0 Å². The molecule has 0 saturated heterocycles. The minimum atomic E-state index is -0.508. The maximum atomic E-state index is 11.9. The van der Waals surface area contributed by atoms with Crippen LogP contribution in [-0.4, -0.2) is 25.0 Å². The van der Waals surface area contributed by atoms with Gasteiger partial charge in [0.1, 0.15) is 0 Å². The molecule has 3 amide bonds. The standard InChI is InChI=1S/C20H31N3O2/c1-6-11-21-20(25)23-18(24)13-22-19(15(4)5)17-9-7-16(8-10-17)12-14(2)3/h6-10,14-15,19,22H,1,11-13H2,2-5H3,(H2,21,23,24,25). The van der Waals surface area contributed by atoms with Gasteiger partial charge in [-0.2, -0.15) is 0 Å². The highest BCUT2D eigenvalue weighted by molar-refractivity contribution is 5.95. The van der Waals surface area contributed by atoms with Crippen molar-refractivity contribution >= 4 is 11.9 Å². The Kier molecular flexibility index (Phi) is 8.92. The zero-order chi connectivity index (χ0) is 18.8. The topological polar surface area (TPSA) is 70.2 Å². The summed E-state index contributed by atoms with van der Waals surface area (Å²) in [6, 6.07) is 8.07. The zero-order valence-corrected chi connectivity index (χ0v) is 15.8. The summed E-state index contributed by atoms with van der Waals surface area (Å²) >= 11 is 0. The first-order valence-corrected chi connectivity index (χ1v) is 8.84. The molecule has 0 bridgehead atoms. The molecule has 0 aliphatic heterocycles. The van der Waals surface area contributed by atoms with Crippen molar-refractivity contribution in [3.05, 3.63) is 48.0 Å². The van der Waals surface area contributed by atoms with Gasteiger partial charge in [-0.25, -0.2) is 4.79 Å². The molecule has 0 heterocycles. The number of carbonyl (C=O) groups is 2. The average molecular weight is 345 g/mol. The number of nitrogens with one attached hydrogen (secondary N) is 3. The summed E-state index contributed by atoms with van der Waals surface area (Å²) in [6.45, 7) is 12.5. The summed E-state index contributed by atoms with van der Waals surface area (Å²) in [5.41, 5.74) is 2.46. The van der Waals surface area contributed by atoms with Gasteiger partial charge in [0, 0.05) is 12.6 Å². The number of hydrogen-bond donors (Lipinski definition) is 3. The molecule has 0 saturated carbocycles. The minimum absolute atomic E-state index is 0.0510. The molecule has 0 aliphatic rings. The van der Waals surface area contributed by atoms with Gasteiger partial charge in [-0.05, 0) is 29.4 Å².